The van der Waals surface area contributed by atoms with Gasteiger partial charge in [-0.2, -0.15) is 0 Å². The van der Waals surface area contributed by atoms with Gasteiger partial charge in [0.15, 0.2) is 0 Å². The SMILES string of the molecule is CC(C)(C)n1nncc1N. The molecule has 0 atom stereocenters. The Kier molecular flexibility index (Phi) is 1.39. The van der Waals surface area contributed by atoms with Gasteiger partial charge in [-0.1, -0.05) is 5.21 Å². The lowest BCUT2D eigenvalue weighted by molar-refractivity contribution is 0.352. The predicted molar refractivity (Wildman–Crippen MR) is 39.4 cm³/mol. The van der Waals surface area contributed by atoms with E-state index >= 15 is 0 Å². The fourth-order valence-corrected chi connectivity index (χ4v) is 0.764. The fourth-order valence-electron chi connectivity index (χ4n) is 0.764. The van der Waals surface area contributed by atoms with Crippen LogP contribution in [0.3, 0.4) is 0 Å². The molecule has 0 saturated carbocycles. The molecule has 1 aromatic rings. The van der Waals surface area contributed by atoms with Crippen molar-refractivity contribution < 1.29 is 0 Å². The van der Waals surface area contributed by atoms with Crippen LogP contribution in [0.5, 0.6) is 0 Å². The first kappa shape index (κ1) is 7.05. The third-order valence-electron chi connectivity index (χ3n) is 1.21. The number of rotatable bonds is 0. The summed E-state index contributed by atoms with van der Waals surface area (Å²) >= 11 is 0. The molecule has 0 amide bonds. The maximum absolute atomic E-state index is 5.56. The van der Waals surface area contributed by atoms with Gasteiger partial charge in [-0.25, -0.2) is 4.68 Å². The van der Waals surface area contributed by atoms with Crippen molar-refractivity contribution in [3.63, 3.8) is 0 Å². The number of hydrogen-bond donors (Lipinski definition) is 1. The van der Waals surface area contributed by atoms with Crippen molar-refractivity contribution in [2.24, 2.45) is 0 Å². The van der Waals surface area contributed by atoms with E-state index in [0.717, 1.165) is 0 Å². The molecule has 0 aliphatic heterocycles. The van der Waals surface area contributed by atoms with E-state index in [-0.39, 0.29) is 5.54 Å². The minimum Gasteiger partial charge on any atom is -0.383 e. The van der Waals surface area contributed by atoms with E-state index in [4.69, 9.17) is 5.73 Å². The minimum absolute atomic E-state index is 0.0689. The Labute approximate surface area is 60.0 Å². The molecule has 56 valence electrons. The lowest BCUT2D eigenvalue weighted by Gasteiger charge is -2.18. The molecule has 4 heteroatoms. The van der Waals surface area contributed by atoms with E-state index in [9.17, 15) is 0 Å². The fraction of sp³-hybridized carbons (Fsp3) is 0.667. The van der Waals surface area contributed by atoms with E-state index < -0.39 is 0 Å². The second-order valence-electron chi connectivity index (χ2n) is 3.24. The van der Waals surface area contributed by atoms with Crippen molar-refractivity contribution in [3.05, 3.63) is 6.20 Å². The summed E-state index contributed by atoms with van der Waals surface area (Å²) in [6.45, 7) is 6.08. The highest BCUT2D eigenvalue weighted by atomic mass is 15.5. The second kappa shape index (κ2) is 1.97. The Bertz CT molecular complexity index is 220. The standard InChI is InChI=1S/C6H12N4/c1-6(2,3)10-5(7)4-8-9-10/h4H,7H2,1-3H3. The summed E-state index contributed by atoms with van der Waals surface area (Å²) in [5.74, 6) is 0.604. The summed E-state index contributed by atoms with van der Waals surface area (Å²) in [4.78, 5) is 0. The number of anilines is 1. The zero-order valence-electron chi connectivity index (χ0n) is 6.50. The molecule has 0 radical (unpaired) electrons. The van der Waals surface area contributed by atoms with E-state index in [1.807, 2.05) is 20.8 Å². The monoisotopic (exact) mass is 140 g/mol. The Balaban J connectivity index is 3.05. The molecule has 1 heterocycles. The molecule has 0 aromatic carbocycles. The van der Waals surface area contributed by atoms with Crippen LogP contribution in [-0.2, 0) is 5.54 Å². The maximum Gasteiger partial charge on any atom is 0.142 e. The normalized spacial score (nSPS) is 11.9. The van der Waals surface area contributed by atoms with E-state index in [2.05, 4.69) is 10.3 Å². The summed E-state index contributed by atoms with van der Waals surface area (Å²) in [5, 5.41) is 7.50. The molecule has 0 saturated heterocycles. The van der Waals surface area contributed by atoms with Crippen molar-refractivity contribution >= 4 is 5.82 Å². The largest absolute Gasteiger partial charge is 0.383 e. The van der Waals surface area contributed by atoms with Gasteiger partial charge in [0.2, 0.25) is 0 Å². The predicted octanol–water partition coefficient (Wildman–Crippen LogP) is 0.615. The molecule has 2 N–H and O–H groups in total. The molecule has 0 aliphatic carbocycles. The molecule has 0 unspecified atom stereocenters. The summed E-state index contributed by atoms with van der Waals surface area (Å²) < 4.78 is 1.69. The summed E-state index contributed by atoms with van der Waals surface area (Å²) in [7, 11) is 0. The van der Waals surface area contributed by atoms with Crippen molar-refractivity contribution in [2.45, 2.75) is 26.3 Å². The molecule has 1 aromatic heterocycles. The molecule has 10 heavy (non-hydrogen) atoms. The van der Waals surface area contributed by atoms with Crippen LogP contribution < -0.4 is 5.73 Å². The molecule has 0 aliphatic rings. The van der Waals surface area contributed by atoms with Gasteiger partial charge in [0.25, 0.3) is 0 Å². The number of nitrogens with zero attached hydrogens (tertiary/aromatic N) is 3. The van der Waals surface area contributed by atoms with E-state index in [1.165, 1.54) is 0 Å². The van der Waals surface area contributed by atoms with Crippen LogP contribution in [0, 0.1) is 0 Å². The van der Waals surface area contributed by atoms with Crippen LogP contribution in [-0.4, -0.2) is 15.0 Å². The van der Waals surface area contributed by atoms with Gasteiger partial charge in [0, 0.05) is 0 Å². The third-order valence-corrected chi connectivity index (χ3v) is 1.21. The van der Waals surface area contributed by atoms with Gasteiger partial charge in [0.05, 0.1) is 11.7 Å². The topological polar surface area (TPSA) is 56.7 Å². The van der Waals surface area contributed by atoms with E-state index in [0.29, 0.717) is 5.82 Å². The molecule has 0 fully saturated rings. The Morgan fingerprint density at radius 3 is 2.30 bits per heavy atom. The van der Waals surface area contributed by atoms with Crippen LogP contribution in [0.2, 0.25) is 0 Å². The zero-order valence-corrected chi connectivity index (χ0v) is 6.50. The molecule has 1 rings (SSSR count). The van der Waals surface area contributed by atoms with Crippen LogP contribution in [0.25, 0.3) is 0 Å². The van der Waals surface area contributed by atoms with Crippen LogP contribution in [0.15, 0.2) is 6.20 Å². The van der Waals surface area contributed by atoms with E-state index in [1.54, 1.807) is 10.9 Å². The number of hydrogen-bond acceptors (Lipinski definition) is 3. The summed E-state index contributed by atoms with van der Waals surface area (Å²) in [5.41, 5.74) is 5.50. The summed E-state index contributed by atoms with van der Waals surface area (Å²) in [6, 6.07) is 0. The van der Waals surface area contributed by atoms with Crippen molar-refractivity contribution in [2.75, 3.05) is 5.73 Å². The van der Waals surface area contributed by atoms with Crippen molar-refractivity contribution in [1.29, 1.82) is 0 Å². The smallest absolute Gasteiger partial charge is 0.142 e. The van der Waals surface area contributed by atoms with Gasteiger partial charge in [-0.15, -0.1) is 5.10 Å². The van der Waals surface area contributed by atoms with Crippen LogP contribution >= 0.6 is 0 Å². The van der Waals surface area contributed by atoms with Crippen LogP contribution in [0.1, 0.15) is 20.8 Å². The number of nitrogens with two attached hydrogens (primary N) is 1. The lowest BCUT2D eigenvalue weighted by Crippen LogP contribution is -2.24. The van der Waals surface area contributed by atoms with Gasteiger partial charge in [0.1, 0.15) is 5.82 Å². The van der Waals surface area contributed by atoms with Gasteiger partial charge in [-0.3, -0.25) is 0 Å². The van der Waals surface area contributed by atoms with Gasteiger partial charge in [-0.05, 0) is 20.8 Å². The maximum atomic E-state index is 5.56. The average Bonchev–Trinajstić information content (AvgIpc) is 2.11. The number of nitrogen functional groups attached to an aromatic ring is 1. The highest BCUT2D eigenvalue weighted by Gasteiger charge is 2.15. The third kappa shape index (κ3) is 1.10. The molecular weight excluding hydrogens is 128 g/mol. The van der Waals surface area contributed by atoms with Crippen molar-refractivity contribution in [1.82, 2.24) is 15.0 Å². The zero-order chi connectivity index (χ0) is 7.78. The van der Waals surface area contributed by atoms with Gasteiger partial charge >= 0.3 is 0 Å². The quantitative estimate of drug-likeness (QED) is 0.574. The first-order chi connectivity index (χ1) is 4.52. The number of aromatic nitrogens is 3. The minimum atomic E-state index is -0.0689. The Hall–Kier alpha value is -1.06. The Morgan fingerprint density at radius 2 is 2.10 bits per heavy atom. The second-order valence-corrected chi connectivity index (χ2v) is 3.24. The first-order valence-corrected chi connectivity index (χ1v) is 3.18. The highest BCUT2D eigenvalue weighted by Crippen LogP contribution is 2.14. The van der Waals surface area contributed by atoms with Crippen molar-refractivity contribution in [3.8, 4) is 0 Å². The first-order valence-electron chi connectivity index (χ1n) is 3.18. The highest BCUT2D eigenvalue weighted by molar-refractivity contribution is 5.23. The Morgan fingerprint density at radius 1 is 1.50 bits per heavy atom. The van der Waals surface area contributed by atoms with Crippen LogP contribution in [0.4, 0.5) is 5.82 Å². The molecule has 0 spiro atoms. The molecule has 4 nitrogen and oxygen atoms in total. The average molecular weight is 140 g/mol. The molecule has 0 bridgehead atoms. The lowest BCUT2D eigenvalue weighted by atomic mass is 10.1. The summed E-state index contributed by atoms with van der Waals surface area (Å²) in [6.07, 6.45) is 1.55. The van der Waals surface area contributed by atoms with Gasteiger partial charge < -0.3 is 5.73 Å². The molecular formula is C6H12N4.